The number of pyridine rings is 1. The number of nitrogens with one attached hydrogen (secondary N) is 2. The Balaban J connectivity index is 1.96. The molecule has 1 amide bonds. The molecule has 1 atom stereocenters. The first-order chi connectivity index (χ1) is 17.9. The van der Waals surface area contributed by atoms with Gasteiger partial charge in [-0.25, -0.2) is 18.6 Å². The highest BCUT2D eigenvalue weighted by Crippen LogP contribution is 2.36. The van der Waals surface area contributed by atoms with Crippen molar-refractivity contribution < 1.29 is 23.8 Å². The average molecular weight is 520 g/mol. The van der Waals surface area contributed by atoms with Gasteiger partial charge < -0.3 is 20.8 Å². The molecule has 0 saturated heterocycles. The Bertz CT molecular complexity index is 1560. The summed E-state index contributed by atoms with van der Waals surface area (Å²) in [5, 5.41) is 30.6. The number of hydrogen-bond donors (Lipinski definition) is 4. The lowest BCUT2D eigenvalue weighted by atomic mass is 9.94. The number of nitrogens with zero attached hydrogens (tertiary/aromatic N) is 3. The van der Waals surface area contributed by atoms with Crippen LogP contribution in [0.15, 0.2) is 48.5 Å². The molecule has 0 radical (unpaired) electrons. The molecule has 8 nitrogen and oxygen atoms in total. The lowest BCUT2D eigenvalue weighted by Gasteiger charge is -2.21. The molecule has 0 aliphatic carbocycles. The predicted molar refractivity (Wildman–Crippen MR) is 141 cm³/mol. The maximum absolute atomic E-state index is 14.0. The summed E-state index contributed by atoms with van der Waals surface area (Å²) in [6.45, 7) is 3.07. The van der Waals surface area contributed by atoms with Gasteiger partial charge >= 0.3 is 6.09 Å². The van der Waals surface area contributed by atoms with E-state index in [0.717, 1.165) is 34.7 Å². The van der Waals surface area contributed by atoms with E-state index >= 15 is 0 Å². The zero-order chi connectivity index (χ0) is 27.6. The van der Waals surface area contributed by atoms with E-state index in [2.05, 4.69) is 32.6 Å². The molecule has 0 fully saturated rings. The summed E-state index contributed by atoms with van der Waals surface area (Å²) < 4.78 is 29.6. The number of carboxylic acid groups (broad SMARTS) is 1. The third-order valence-corrected chi connectivity index (χ3v) is 5.80. The monoisotopic (exact) mass is 519 g/mol. The first-order valence-electron chi connectivity index (χ1n) is 11.8. The number of aliphatic hydroxyl groups is 1. The van der Waals surface area contributed by atoms with Crippen molar-refractivity contribution >= 4 is 22.8 Å². The quantitative estimate of drug-likeness (QED) is 0.277. The highest BCUT2D eigenvalue weighted by molar-refractivity contribution is 6.00. The van der Waals surface area contributed by atoms with Gasteiger partial charge in [-0.2, -0.15) is 5.10 Å². The standard InChI is InChI=1S/C28H27F2N5O3/c1-28(2,38)11-10-19-8-9-20(21-6-5-7-22-25(21)35(4)34-26(22)31-3)24(32-19)23(33-27(36)37)14-16-12-17(29)15-18(30)13-16/h5-9,12-13,15,23,33,38H,14H2,1-4H3,(H,31,34)(H,36,37). The second-order valence-electron chi connectivity index (χ2n) is 9.35. The van der Waals surface area contributed by atoms with Gasteiger partial charge in [-0.15, -0.1) is 0 Å². The molecule has 4 rings (SSSR count). The number of carbonyl (C=O) groups is 1. The zero-order valence-corrected chi connectivity index (χ0v) is 21.3. The highest BCUT2D eigenvalue weighted by Gasteiger charge is 2.24. The van der Waals surface area contributed by atoms with Gasteiger partial charge in [0.2, 0.25) is 0 Å². The van der Waals surface area contributed by atoms with Gasteiger partial charge in [-0.1, -0.05) is 18.1 Å². The van der Waals surface area contributed by atoms with Crippen molar-refractivity contribution in [1.82, 2.24) is 20.1 Å². The Morgan fingerprint density at radius 2 is 1.84 bits per heavy atom. The Labute approximate surface area is 218 Å². The fourth-order valence-electron chi connectivity index (χ4n) is 4.32. The fourth-order valence-corrected chi connectivity index (χ4v) is 4.32. The molecule has 0 aliphatic rings. The molecule has 196 valence electrons. The predicted octanol–water partition coefficient (Wildman–Crippen LogP) is 4.63. The van der Waals surface area contributed by atoms with Gasteiger partial charge in [-0.05, 0) is 62.1 Å². The van der Waals surface area contributed by atoms with Crippen molar-refractivity contribution in [2.45, 2.75) is 31.9 Å². The molecule has 0 spiro atoms. The topological polar surface area (TPSA) is 112 Å². The van der Waals surface area contributed by atoms with Crippen molar-refractivity contribution in [3.63, 3.8) is 0 Å². The third-order valence-electron chi connectivity index (χ3n) is 5.80. The Hall–Kier alpha value is -4.49. The minimum Gasteiger partial charge on any atom is -0.465 e. The summed E-state index contributed by atoms with van der Waals surface area (Å²) in [6, 6.07) is 11.1. The molecule has 10 heteroatoms. The Kier molecular flexibility index (Phi) is 7.32. The van der Waals surface area contributed by atoms with Crippen molar-refractivity contribution in [3.05, 3.63) is 77.1 Å². The summed E-state index contributed by atoms with van der Waals surface area (Å²) in [4.78, 5) is 16.5. The van der Waals surface area contributed by atoms with Crippen molar-refractivity contribution in [3.8, 4) is 23.0 Å². The summed E-state index contributed by atoms with van der Waals surface area (Å²) in [5.74, 6) is 4.65. The van der Waals surface area contributed by atoms with Gasteiger partial charge in [0.1, 0.15) is 22.9 Å². The normalized spacial score (nSPS) is 12.1. The molecule has 38 heavy (non-hydrogen) atoms. The largest absolute Gasteiger partial charge is 0.465 e. The minimum atomic E-state index is -1.33. The summed E-state index contributed by atoms with van der Waals surface area (Å²) in [7, 11) is 3.56. The van der Waals surface area contributed by atoms with Crippen LogP contribution in [0.1, 0.15) is 36.8 Å². The number of halogens is 2. The van der Waals surface area contributed by atoms with Crippen LogP contribution >= 0.6 is 0 Å². The summed E-state index contributed by atoms with van der Waals surface area (Å²) >= 11 is 0. The lowest BCUT2D eigenvalue weighted by Crippen LogP contribution is -2.30. The molecular weight excluding hydrogens is 492 g/mol. The number of anilines is 1. The molecule has 0 bridgehead atoms. The molecule has 2 aromatic carbocycles. The molecule has 4 aromatic rings. The second-order valence-corrected chi connectivity index (χ2v) is 9.35. The number of hydrogen-bond acceptors (Lipinski definition) is 5. The van der Waals surface area contributed by atoms with E-state index in [9.17, 15) is 23.8 Å². The number of fused-ring (bicyclic) bond motifs is 1. The third kappa shape index (κ3) is 5.90. The molecule has 0 saturated carbocycles. The molecule has 4 N–H and O–H groups in total. The van der Waals surface area contributed by atoms with E-state index in [1.807, 2.05) is 18.2 Å². The summed E-state index contributed by atoms with van der Waals surface area (Å²) in [6.07, 6.45) is -1.41. The van der Waals surface area contributed by atoms with E-state index in [-0.39, 0.29) is 12.0 Å². The van der Waals surface area contributed by atoms with Gasteiger partial charge in [0.25, 0.3) is 0 Å². The van der Waals surface area contributed by atoms with Crippen LogP contribution in [0.3, 0.4) is 0 Å². The van der Waals surface area contributed by atoms with E-state index in [4.69, 9.17) is 0 Å². The minimum absolute atomic E-state index is 0.0769. The Morgan fingerprint density at radius 1 is 1.13 bits per heavy atom. The van der Waals surface area contributed by atoms with E-state index in [1.165, 1.54) is 13.8 Å². The van der Waals surface area contributed by atoms with Gasteiger partial charge in [0.05, 0.1) is 17.3 Å². The van der Waals surface area contributed by atoms with Crippen LogP contribution in [0.5, 0.6) is 0 Å². The lowest BCUT2D eigenvalue weighted by molar-refractivity contribution is 0.143. The van der Waals surface area contributed by atoms with Crippen LogP contribution in [-0.4, -0.2) is 43.7 Å². The van der Waals surface area contributed by atoms with Crippen molar-refractivity contribution in [2.24, 2.45) is 7.05 Å². The second kappa shape index (κ2) is 10.5. The molecule has 2 aromatic heterocycles. The first kappa shape index (κ1) is 26.6. The van der Waals surface area contributed by atoms with Crippen LogP contribution in [0.2, 0.25) is 0 Å². The van der Waals surface area contributed by atoms with Crippen LogP contribution in [0.25, 0.3) is 22.0 Å². The first-order valence-corrected chi connectivity index (χ1v) is 11.8. The fraction of sp³-hybridized carbons (Fsp3) is 0.250. The maximum atomic E-state index is 14.0. The number of aromatic nitrogens is 3. The number of para-hydroxylation sites is 1. The SMILES string of the molecule is CNc1nn(C)c2c(-c3ccc(C#CC(C)(C)O)nc3C(Cc3cc(F)cc(F)c3)NC(=O)O)cccc12. The van der Waals surface area contributed by atoms with E-state index in [1.54, 1.807) is 30.9 Å². The zero-order valence-electron chi connectivity index (χ0n) is 21.3. The van der Waals surface area contributed by atoms with Crippen LogP contribution in [-0.2, 0) is 13.5 Å². The van der Waals surface area contributed by atoms with Crippen LogP contribution in [0.4, 0.5) is 19.4 Å². The van der Waals surface area contributed by atoms with Crippen molar-refractivity contribution in [1.29, 1.82) is 0 Å². The number of aryl methyl sites for hydroxylation is 1. The van der Waals surface area contributed by atoms with Crippen molar-refractivity contribution in [2.75, 3.05) is 12.4 Å². The van der Waals surface area contributed by atoms with Gasteiger partial charge in [0, 0.05) is 36.7 Å². The van der Waals surface area contributed by atoms with Gasteiger partial charge in [0.15, 0.2) is 5.82 Å². The summed E-state index contributed by atoms with van der Waals surface area (Å²) in [5.41, 5.74) is 1.67. The molecular formula is C28H27F2N5O3. The number of rotatable bonds is 6. The number of benzene rings is 2. The van der Waals surface area contributed by atoms with E-state index < -0.39 is 29.4 Å². The smallest absolute Gasteiger partial charge is 0.405 e. The molecule has 2 heterocycles. The maximum Gasteiger partial charge on any atom is 0.405 e. The van der Waals surface area contributed by atoms with E-state index in [0.29, 0.717) is 22.8 Å². The Morgan fingerprint density at radius 3 is 2.47 bits per heavy atom. The average Bonchev–Trinajstić information content (AvgIpc) is 3.17. The highest BCUT2D eigenvalue weighted by atomic mass is 19.1. The number of amides is 1. The van der Waals surface area contributed by atoms with Crippen LogP contribution < -0.4 is 10.6 Å². The van der Waals surface area contributed by atoms with Gasteiger partial charge in [-0.3, -0.25) is 4.68 Å². The van der Waals surface area contributed by atoms with Crippen LogP contribution in [0, 0.1) is 23.5 Å². The molecule has 0 aliphatic heterocycles. The molecule has 1 unspecified atom stereocenters.